The molecule has 0 amide bonds. The van der Waals surface area contributed by atoms with Gasteiger partial charge in [0.25, 0.3) is 0 Å². The molecule has 3 aromatic rings. The molecule has 1 aromatic carbocycles. The molecule has 0 aliphatic carbocycles. The van der Waals surface area contributed by atoms with Crippen molar-refractivity contribution in [3.05, 3.63) is 53.7 Å². The van der Waals surface area contributed by atoms with E-state index in [9.17, 15) is 13.2 Å². The monoisotopic (exact) mass is 513 g/mol. The fraction of sp³-hybridized carbons (Fsp3) is 0.462. The Hall–Kier alpha value is -3.47. The number of aryl methyl sites for hydroxylation is 1. The van der Waals surface area contributed by atoms with Gasteiger partial charge in [0.15, 0.2) is 5.82 Å². The highest BCUT2D eigenvalue weighted by molar-refractivity contribution is 5.60. The van der Waals surface area contributed by atoms with Crippen LogP contribution in [0.15, 0.2) is 42.6 Å². The van der Waals surface area contributed by atoms with Crippen LogP contribution in [0.2, 0.25) is 0 Å². The maximum absolute atomic E-state index is 13.5. The van der Waals surface area contributed by atoms with E-state index < -0.39 is 11.7 Å². The lowest BCUT2D eigenvalue weighted by molar-refractivity contribution is -0.137. The zero-order chi connectivity index (χ0) is 26.0. The smallest absolute Gasteiger partial charge is 0.383 e. The molecule has 8 nitrogen and oxygen atoms in total. The number of benzene rings is 1. The molecule has 0 radical (unpaired) electrons. The number of methoxy groups -OCH3 is 1. The highest BCUT2D eigenvalue weighted by atomic mass is 19.4. The maximum atomic E-state index is 13.5. The van der Waals surface area contributed by atoms with E-state index in [0.717, 1.165) is 36.6 Å². The van der Waals surface area contributed by atoms with Gasteiger partial charge in [0.05, 0.1) is 18.2 Å². The van der Waals surface area contributed by atoms with Crippen LogP contribution in [0.25, 0.3) is 11.4 Å². The van der Waals surface area contributed by atoms with E-state index in [2.05, 4.69) is 9.88 Å². The first-order valence-corrected chi connectivity index (χ1v) is 12.4. The van der Waals surface area contributed by atoms with E-state index in [1.165, 1.54) is 12.3 Å². The number of ether oxygens (including phenoxy) is 1. The average Bonchev–Trinajstić information content (AvgIpc) is 3.37. The molecular weight excluding hydrogens is 483 g/mol. The van der Waals surface area contributed by atoms with Crippen LogP contribution in [-0.4, -0.2) is 72.4 Å². The van der Waals surface area contributed by atoms with E-state index >= 15 is 0 Å². The van der Waals surface area contributed by atoms with Crippen LogP contribution in [0, 0.1) is 6.92 Å². The van der Waals surface area contributed by atoms with Gasteiger partial charge in [-0.05, 0) is 38.0 Å². The van der Waals surface area contributed by atoms with Crippen molar-refractivity contribution in [3.63, 3.8) is 0 Å². The van der Waals surface area contributed by atoms with Gasteiger partial charge in [-0.15, -0.1) is 0 Å². The van der Waals surface area contributed by atoms with E-state index in [4.69, 9.17) is 19.7 Å². The van der Waals surface area contributed by atoms with Crippen LogP contribution in [-0.2, 0) is 10.9 Å². The molecule has 0 N–H and O–H groups in total. The third kappa shape index (κ3) is 5.46. The fourth-order valence-electron chi connectivity index (χ4n) is 4.99. The number of hydrogen-bond donors (Lipinski definition) is 0. The summed E-state index contributed by atoms with van der Waals surface area (Å²) < 4.78 is 46.0. The van der Waals surface area contributed by atoms with Crippen LogP contribution in [0.4, 0.5) is 30.9 Å². The van der Waals surface area contributed by atoms with Crippen molar-refractivity contribution >= 4 is 17.7 Å². The molecule has 37 heavy (non-hydrogen) atoms. The Balaban J connectivity index is 1.43. The summed E-state index contributed by atoms with van der Waals surface area (Å²) in [6.45, 7) is 5.11. The molecule has 5 rings (SSSR count). The van der Waals surface area contributed by atoms with Gasteiger partial charge in [-0.25, -0.2) is 4.98 Å². The number of alkyl halides is 3. The van der Waals surface area contributed by atoms with Crippen LogP contribution in [0.5, 0.6) is 0 Å². The van der Waals surface area contributed by atoms with Gasteiger partial charge >= 0.3 is 6.18 Å². The Morgan fingerprint density at radius 3 is 2.43 bits per heavy atom. The molecule has 2 aliphatic heterocycles. The van der Waals surface area contributed by atoms with Crippen molar-refractivity contribution in [1.29, 1.82) is 0 Å². The van der Waals surface area contributed by atoms with Gasteiger partial charge < -0.3 is 19.4 Å². The maximum Gasteiger partial charge on any atom is 0.419 e. The fourth-order valence-corrected chi connectivity index (χ4v) is 4.99. The number of pyridine rings is 1. The molecule has 1 unspecified atom stereocenters. The lowest BCUT2D eigenvalue weighted by atomic mass is 10.1. The quantitative estimate of drug-likeness (QED) is 0.486. The summed E-state index contributed by atoms with van der Waals surface area (Å²) in [5.74, 6) is 1.68. The second kappa shape index (κ2) is 10.5. The molecule has 0 spiro atoms. The SMILES string of the molecule is COCC1CCCN1c1nc(-c2cccc(C)c2)nc(N2CCN(c3ncccc3C(F)(F)F)CC2)n1. The standard InChI is InChI=1S/C26H30F3N7O/c1-18-6-3-7-19(16-18)22-31-24(33-25(32-22)36-11-5-8-20(36)17-37-2)35-14-12-34(13-15-35)23-21(26(27,28)29)9-4-10-30-23/h3-4,6-7,9-10,16,20H,5,8,11-15,17H2,1-2H3. The van der Waals surface area contributed by atoms with Crippen molar-refractivity contribution < 1.29 is 17.9 Å². The molecule has 1 atom stereocenters. The Morgan fingerprint density at radius 2 is 1.70 bits per heavy atom. The summed E-state index contributed by atoms with van der Waals surface area (Å²) in [5, 5.41) is 0. The molecule has 2 saturated heterocycles. The zero-order valence-electron chi connectivity index (χ0n) is 20.9. The van der Waals surface area contributed by atoms with E-state index in [1.807, 2.05) is 36.1 Å². The number of nitrogens with zero attached hydrogens (tertiary/aromatic N) is 7. The molecule has 0 saturated carbocycles. The lowest BCUT2D eigenvalue weighted by Crippen LogP contribution is -2.48. The van der Waals surface area contributed by atoms with Crippen molar-refractivity contribution in [2.24, 2.45) is 0 Å². The molecule has 4 heterocycles. The Morgan fingerprint density at radius 1 is 0.946 bits per heavy atom. The van der Waals surface area contributed by atoms with Gasteiger partial charge in [-0.3, -0.25) is 0 Å². The number of anilines is 3. The Kier molecular flexibility index (Phi) is 7.14. The molecule has 2 aromatic heterocycles. The second-order valence-electron chi connectivity index (χ2n) is 9.42. The largest absolute Gasteiger partial charge is 0.419 e. The minimum Gasteiger partial charge on any atom is -0.383 e. The van der Waals surface area contributed by atoms with Crippen molar-refractivity contribution in [3.8, 4) is 11.4 Å². The van der Waals surface area contributed by atoms with Crippen LogP contribution >= 0.6 is 0 Å². The molecule has 2 fully saturated rings. The molecule has 0 bridgehead atoms. The van der Waals surface area contributed by atoms with Crippen molar-refractivity contribution in [2.45, 2.75) is 32.0 Å². The predicted octanol–water partition coefficient (Wildman–Crippen LogP) is 4.20. The molecule has 11 heteroatoms. The number of rotatable bonds is 6. The van der Waals surface area contributed by atoms with Gasteiger partial charge in [-0.1, -0.05) is 23.8 Å². The van der Waals surface area contributed by atoms with Gasteiger partial charge in [0, 0.05) is 51.6 Å². The summed E-state index contributed by atoms with van der Waals surface area (Å²) in [4.78, 5) is 24.4. The number of piperazine rings is 1. The van der Waals surface area contributed by atoms with E-state index in [1.54, 1.807) is 12.0 Å². The highest BCUT2D eigenvalue weighted by Gasteiger charge is 2.36. The lowest BCUT2D eigenvalue weighted by Gasteiger charge is -2.36. The van der Waals surface area contributed by atoms with Gasteiger partial charge in [0.2, 0.25) is 11.9 Å². The summed E-state index contributed by atoms with van der Waals surface area (Å²) in [6, 6.07) is 10.6. The van der Waals surface area contributed by atoms with Crippen LogP contribution in [0.3, 0.4) is 0 Å². The first-order chi connectivity index (χ1) is 17.8. The van der Waals surface area contributed by atoms with Gasteiger partial charge in [0.1, 0.15) is 5.82 Å². The van der Waals surface area contributed by atoms with E-state index in [0.29, 0.717) is 50.5 Å². The average molecular weight is 514 g/mol. The summed E-state index contributed by atoms with van der Waals surface area (Å²) in [6.07, 6.45) is -1.03. The summed E-state index contributed by atoms with van der Waals surface area (Å²) >= 11 is 0. The second-order valence-corrected chi connectivity index (χ2v) is 9.42. The summed E-state index contributed by atoms with van der Waals surface area (Å²) in [7, 11) is 1.69. The Bertz CT molecular complexity index is 1230. The number of aromatic nitrogens is 4. The van der Waals surface area contributed by atoms with Crippen LogP contribution < -0.4 is 14.7 Å². The molecule has 2 aliphatic rings. The summed E-state index contributed by atoms with van der Waals surface area (Å²) in [5.41, 5.74) is 1.28. The third-order valence-electron chi connectivity index (χ3n) is 6.84. The van der Waals surface area contributed by atoms with Crippen LogP contribution in [0.1, 0.15) is 24.0 Å². The number of hydrogen-bond acceptors (Lipinski definition) is 8. The number of halogens is 3. The topological polar surface area (TPSA) is 70.5 Å². The van der Waals surface area contributed by atoms with Crippen molar-refractivity contribution in [2.75, 3.05) is 61.1 Å². The minimum absolute atomic E-state index is 0.0362. The minimum atomic E-state index is -4.46. The molecule has 196 valence electrons. The first kappa shape index (κ1) is 25.2. The predicted molar refractivity (Wildman–Crippen MR) is 136 cm³/mol. The van der Waals surface area contributed by atoms with Crippen molar-refractivity contribution in [1.82, 2.24) is 19.9 Å². The van der Waals surface area contributed by atoms with E-state index in [-0.39, 0.29) is 11.9 Å². The third-order valence-corrected chi connectivity index (χ3v) is 6.84. The molecular formula is C26H30F3N7O. The Labute approximate surface area is 214 Å². The normalized spacial score (nSPS) is 18.5. The zero-order valence-corrected chi connectivity index (χ0v) is 20.9. The van der Waals surface area contributed by atoms with Gasteiger partial charge in [-0.2, -0.15) is 28.1 Å². The highest BCUT2D eigenvalue weighted by Crippen LogP contribution is 2.35. The first-order valence-electron chi connectivity index (χ1n) is 12.4.